The van der Waals surface area contributed by atoms with Crippen molar-refractivity contribution in [3.8, 4) is 0 Å². The first kappa shape index (κ1) is 9.78. The van der Waals surface area contributed by atoms with Crippen molar-refractivity contribution < 1.29 is 9.52 Å². The van der Waals surface area contributed by atoms with Crippen LogP contribution in [0.25, 0.3) is 0 Å². The zero-order chi connectivity index (χ0) is 9.97. The fraction of sp³-hybridized carbons (Fsp3) is 0.667. The van der Waals surface area contributed by atoms with Crippen LogP contribution in [0.2, 0.25) is 0 Å². The zero-order valence-corrected chi connectivity index (χ0v) is 8.70. The van der Waals surface area contributed by atoms with Crippen molar-refractivity contribution in [2.24, 2.45) is 0 Å². The summed E-state index contributed by atoms with van der Waals surface area (Å²) in [6.07, 6.45) is 6.81. The highest BCUT2D eigenvalue weighted by atomic mass is 16.3. The molecule has 0 spiro atoms. The summed E-state index contributed by atoms with van der Waals surface area (Å²) in [6.45, 7) is 2.19. The number of hydrogen-bond acceptors (Lipinski definition) is 2. The summed E-state index contributed by atoms with van der Waals surface area (Å²) in [5.41, 5.74) is 1.25. The van der Waals surface area contributed by atoms with E-state index in [0.29, 0.717) is 5.92 Å². The average molecular weight is 194 g/mol. The minimum atomic E-state index is -0.161. The van der Waals surface area contributed by atoms with Gasteiger partial charge >= 0.3 is 0 Å². The van der Waals surface area contributed by atoms with Crippen molar-refractivity contribution in [1.29, 1.82) is 0 Å². The lowest BCUT2D eigenvalue weighted by atomic mass is 9.82. The molecule has 0 saturated heterocycles. The van der Waals surface area contributed by atoms with E-state index in [9.17, 15) is 5.11 Å². The third kappa shape index (κ3) is 1.71. The molecule has 1 aliphatic rings. The van der Waals surface area contributed by atoms with Gasteiger partial charge in [0.2, 0.25) is 0 Å². The molecule has 0 saturated carbocycles. The van der Waals surface area contributed by atoms with Gasteiger partial charge in [-0.2, -0.15) is 0 Å². The molecule has 1 N–H and O–H groups in total. The van der Waals surface area contributed by atoms with Crippen LogP contribution in [0, 0.1) is 0 Å². The molecule has 1 aliphatic carbocycles. The predicted octanol–water partition coefficient (Wildman–Crippen LogP) is 2.86. The molecule has 1 aromatic heterocycles. The molecule has 2 rings (SSSR count). The average Bonchev–Trinajstić information content (AvgIpc) is 2.64. The van der Waals surface area contributed by atoms with E-state index in [-0.39, 0.29) is 6.10 Å². The third-order valence-corrected chi connectivity index (χ3v) is 3.18. The van der Waals surface area contributed by atoms with Crippen molar-refractivity contribution in [1.82, 2.24) is 0 Å². The molecule has 78 valence electrons. The van der Waals surface area contributed by atoms with E-state index in [1.165, 1.54) is 18.4 Å². The van der Waals surface area contributed by atoms with E-state index < -0.39 is 0 Å². The summed E-state index contributed by atoms with van der Waals surface area (Å²) in [5, 5.41) is 9.92. The molecule has 0 unspecified atom stereocenters. The maximum absolute atomic E-state index is 9.92. The Morgan fingerprint density at radius 3 is 3.21 bits per heavy atom. The number of aliphatic hydroxyl groups excluding tert-OH is 1. The SMILES string of the molecule is CCCC[C@H]1c2ccoc2CC[C@@H]1O. The van der Waals surface area contributed by atoms with Crippen LogP contribution >= 0.6 is 0 Å². The highest BCUT2D eigenvalue weighted by Gasteiger charge is 2.29. The van der Waals surface area contributed by atoms with Crippen molar-refractivity contribution in [2.75, 3.05) is 0 Å². The van der Waals surface area contributed by atoms with E-state index in [0.717, 1.165) is 25.0 Å². The Labute approximate surface area is 84.9 Å². The highest BCUT2D eigenvalue weighted by molar-refractivity contribution is 5.26. The number of fused-ring (bicyclic) bond motifs is 1. The van der Waals surface area contributed by atoms with Gasteiger partial charge < -0.3 is 9.52 Å². The molecule has 0 bridgehead atoms. The van der Waals surface area contributed by atoms with Crippen molar-refractivity contribution in [3.63, 3.8) is 0 Å². The Bertz CT molecular complexity index is 290. The normalized spacial score (nSPS) is 26.1. The molecule has 0 fully saturated rings. The Morgan fingerprint density at radius 1 is 1.57 bits per heavy atom. The van der Waals surface area contributed by atoms with Gasteiger partial charge in [0.25, 0.3) is 0 Å². The lowest BCUT2D eigenvalue weighted by Crippen LogP contribution is -2.24. The smallest absolute Gasteiger partial charge is 0.107 e. The molecule has 1 heterocycles. The van der Waals surface area contributed by atoms with E-state index in [1.807, 2.05) is 6.07 Å². The maximum atomic E-state index is 9.92. The van der Waals surface area contributed by atoms with Crippen LogP contribution in [0.5, 0.6) is 0 Å². The van der Waals surface area contributed by atoms with Gasteiger partial charge in [0.05, 0.1) is 12.4 Å². The van der Waals surface area contributed by atoms with Crippen LogP contribution in [-0.4, -0.2) is 11.2 Å². The van der Waals surface area contributed by atoms with Crippen LogP contribution < -0.4 is 0 Å². The quantitative estimate of drug-likeness (QED) is 0.802. The minimum Gasteiger partial charge on any atom is -0.469 e. The number of aryl methyl sites for hydroxylation is 1. The van der Waals surface area contributed by atoms with Crippen LogP contribution in [-0.2, 0) is 6.42 Å². The third-order valence-electron chi connectivity index (χ3n) is 3.18. The van der Waals surface area contributed by atoms with E-state index >= 15 is 0 Å². The Hall–Kier alpha value is -0.760. The van der Waals surface area contributed by atoms with Crippen LogP contribution in [0.1, 0.15) is 49.8 Å². The Kier molecular flexibility index (Phi) is 2.92. The first-order chi connectivity index (χ1) is 6.83. The number of hydrogen-bond donors (Lipinski definition) is 1. The lowest BCUT2D eigenvalue weighted by molar-refractivity contribution is 0.116. The van der Waals surface area contributed by atoms with Crippen LogP contribution in [0.3, 0.4) is 0 Å². The first-order valence-corrected chi connectivity index (χ1v) is 5.57. The fourth-order valence-electron chi connectivity index (χ4n) is 2.34. The van der Waals surface area contributed by atoms with Gasteiger partial charge in [0, 0.05) is 12.3 Å². The van der Waals surface area contributed by atoms with Crippen LogP contribution in [0.4, 0.5) is 0 Å². The molecular weight excluding hydrogens is 176 g/mol. The number of unbranched alkanes of at least 4 members (excludes halogenated alkanes) is 1. The molecule has 2 atom stereocenters. The topological polar surface area (TPSA) is 33.4 Å². The largest absolute Gasteiger partial charge is 0.469 e. The van der Waals surface area contributed by atoms with E-state index in [4.69, 9.17) is 4.42 Å². The molecule has 0 radical (unpaired) electrons. The monoisotopic (exact) mass is 194 g/mol. The van der Waals surface area contributed by atoms with Gasteiger partial charge in [-0.1, -0.05) is 19.8 Å². The minimum absolute atomic E-state index is 0.161. The van der Waals surface area contributed by atoms with Gasteiger partial charge in [0.1, 0.15) is 5.76 Å². The molecule has 1 aromatic rings. The summed E-state index contributed by atoms with van der Waals surface area (Å²) in [7, 11) is 0. The van der Waals surface area contributed by atoms with Gasteiger partial charge in [-0.05, 0) is 24.5 Å². The van der Waals surface area contributed by atoms with Crippen molar-refractivity contribution in [2.45, 2.75) is 51.0 Å². The van der Waals surface area contributed by atoms with Crippen molar-refractivity contribution in [3.05, 3.63) is 23.7 Å². The van der Waals surface area contributed by atoms with Gasteiger partial charge in [-0.15, -0.1) is 0 Å². The summed E-state index contributed by atoms with van der Waals surface area (Å²) < 4.78 is 5.40. The summed E-state index contributed by atoms with van der Waals surface area (Å²) in [5.74, 6) is 1.41. The van der Waals surface area contributed by atoms with E-state index in [1.54, 1.807) is 6.26 Å². The highest BCUT2D eigenvalue weighted by Crippen LogP contribution is 2.35. The molecule has 14 heavy (non-hydrogen) atoms. The second-order valence-electron chi connectivity index (χ2n) is 4.15. The molecule has 0 aromatic carbocycles. The van der Waals surface area contributed by atoms with Crippen molar-refractivity contribution >= 4 is 0 Å². The summed E-state index contributed by atoms with van der Waals surface area (Å²) >= 11 is 0. The number of aliphatic hydroxyl groups is 1. The molecule has 2 nitrogen and oxygen atoms in total. The lowest BCUT2D eigenvalue weighted by Gasteiger charge is -2.27. The van der Waals surface area contributed by atoms with E-state index in [2.05, 4.69) is 6.92 Å². The van der Waals surface area contributed by atoms with Gasteiger partial charge in [-0.25, -0.2) is 0 Å². The molecule has 2 heteroatoms. The molecular formula is C12H18O2. The summed E-state index contributed by atoms with van der Waals surface area (Å²) in [4.78, 5) is 0. The van der Waals surface area contributed by atoms with Gasteiger partial charge in [-0.3, -0.25) is 0 Å². The zero-order valence-electron chi connectivity index (χ0n) is 8.70. The molecule has 0 aliphatic heterocycles. The van der Waals surface area contributed by atoms with Crippen LogP contribution in [0.15, 0.2) is 16.7 Å². The Balaban J connectivity index is 2.14. The Morgan fingerprint density at radius 2 is 2.43 bits per heavy atom. The van der Waals surface area contributed by atoms with Gasteiger partial charge in [0.15, 0.2) is 0 Å². The second-order valence-corrected chi connectivity index (χ2v) is 4.15. The molecule has 0 amide bonds. The maximum Gasteiger partial charge on any atom is 0.107 e. The standard InChI is InChI=1S/C12H18O2/c1-2-3-4-9-10-7-8-14-12(10)6-5-11(9)13/h7-9,11,13H,2-6H2,1H3/t9-,11-/m0/s1. The number of rotatable bonds is 3. The fourth-order valence-corrected chi connectivity index (χ4v) is 2.34. The predicted molar refractivity (Wildman–Crippen MR) is 55.3 cm³/mol. The summed E-state index contributed by atoms with van der Waals surface area (Å²) in [6, 6.07) is 2.03. The second kappa shape index (κ2) is 4.18. The number of furan rings is 1. The first-order valence-electron chi connectivity index (χ1n) is 5.57.